The first-order chi connectivity index (χ1) is 14.5. The van der Waals surface area contributed by atoms with Crippen molar-refractivity contribution >= 4 is 40.0 Å². The molecule has 1 amide bonds. The lowest BCUT2D eigenvalue weighted by molar-refractivity contribution is -0.133. The topological polar surface area (TPSA) is 58.4 Å². The van der Waals surface area contributed by atoms with E-state index in [0.717, 1.165) is 18.7 Å². The van der Waals surface area contributed by atoms with E-state index in [0.29, 0.717) is 47.1 Å². The number of benzene rings is 2. The maximum Gasteiger partial charge on any atom is 0.261 e. The monoisotopic (exact) mass is 444 g/mol. The van der Waals surface area contributed by atoms with Crippen molar-refractivity contribution in [2.24, 2.45) is 0 Å². The van der Waals surface area contributed by atoms with Gasteiger partial charge in [0, 0.05) is 45.7 Å². The standard InChI is InChI=1S/C22H22Cl2N4O2/c23-18-6-3-4-16(21(18)24)14-26-10-12-27(13-11-26)20(29)8-9-28-15-25-19-7-2-1-5-17(19)22(28)30/h1-7,15H,8-14H2. The Labute approximate surface area is 184 Å². The van der Waals surface area contributed by atoms with Crippen LogP contribution in [0.5, 0.6) is 0 Å². The highest BCUT2D eigenvalue weighted by atomic mass is 35.5. The molecule has 8 heteroatoms. The zero-order valence-corrected chi connectivity index (χ0v) is 17.9. The van der Waals surface area contributed by atoms with E-state index < -0.39 is 0 Å². The molecule has 0 N–H and O–H groups in total. The molecule has 0 aliphatic carbocycles. The fraction of sp³-hybridized carbons (Fsp3) is 0.318. The summed E-state index contributed by atoms with van der Waals surface area (Å²) in [5, 5.41) is 1.72. The number of fused-ring (bicyclic) bond motifs is 1. The molecule has 1 aliphatic heterocycles. The van der Waals surface area contributed by atoms with Crippen molar-refractivity contribution in [1.29, 1.82) is 0 Å². The average Bonchev–Trinajstić information content (AvgIpc) is 2.77. The highest BCUT2D eigenvalue weighted by molar-refractivity contribution is 6.42. The second-order valence-corrected chi connectivity index (χ2v) is 8.17. The largest absolute Gasteiger partial charge is 0.340 e. The summed E-state index contributed by atoms with van der Waals surface area (Å²) in [6, 6.07) is 12.9. The van der Waals surface area contributed by atoms with Crippen LogP contribution < -0.4 is 5.56 Å². The van der Waals surface area contributed by atoms with E-state index in [1.807, 2.05) is 35.2 Å². The third kappa shape index (κ3) is 4.51. The van der Waals surface area contributed by atoms with Crippen LogP contribution in [0.1, 0.15) is 12.0 Å². The Balaban J connectivity index is 1.31. The van der Waals surface area contributed by atoms with Crippen LogP contribution in [0, 0.1) is 0 Å². The summed E-state index contributed by atoms with van der Waals surface area (Å²) in [5.74, 6) is 0.0514. The van der Waals surface area contributed by atoms with Crippen molar-refractivity contribution < 1.29 is 4.79 Å². The minimum Gasteiger partial charge on any atom is -0.340 e. The molecule has 4 rings (SSSR count). The first-order valence-corrected chi connectivity index (χ1v) is 10.7. The first-order valence-electron chi connectivity index (χ1n) is 9.90. The Morgan fingerprint density at radius 1 is 1.00 bits per heavy atom. The molecule has 0 bridgehead atoms. The molecule has 0 unspecified atom stereocenters. The summed E-state index contributed by atoms with van der Waals surface area (Å²) < 4.78 is 1.51. The van der Waals surface area contributed by atoms with E-state index in [1.165, 1.54) is 10.9 Å². The van der Waals surface area contributed by atoms with Gasteiger partial charge in [0.05, 0.1) is 27.3 Å². The van der Waals surface area contributed by atoms with Crippen LogP contribution in [0.2, 0.25) is 10.0 Å². The van der Waals surface area contributed by atoms with E-state index in [1.54, 1.807) is 12.1 Å². The molecule has 0 saturated carbocycles. The normalized spacial score (nSPS) is 14.9. The number of para-hydroxylation sites is 1. The van der Waals surface area contributed by atoms with E-state index >= 15 is 0 Å². The Hall–Kier alpha value is -2.41. The van der Waals surface area contributed by atoms with Crippen LogP contribution >= 0.6 is 23.2 Å². The molecule has 1 aliphatic rings. The van der Waals surface area contributed by atoms with Crippen molar-refractivity contribution in [3.05, 3.63) is 74.8 Å². The molecular formula is C22H22Cl2N4O2. The average molecular weight is 445 g/mol. The van der Waals surface area contributed by atoms with Crippen molar-refractivity contribution in [2.45, 2.75) is 19.5 Å². The second kappa shape index (κ2) is 9.16. The van der Waals surface area contributed by atoms with Gasteiger partial charge in [-0.15, -0.1) is 0 Å². The molecule has 0 spiro atoms. The van der Waals surface area contributed by atoms with E-state index in [2.05, 4.69) is 9.88 Å². The van der Waals surface area contributed by atoms with Gasteiger partial charge in [0.15, 0.2) is 0 Å². The molecule has 30 heavy (non-hydrogen) atoms. The Kier molecular flexibility index (Phi) is 6.37. The Bertz CT molecular complexity index is 1120. The Morgan fingerprint density at radius 2 is 1.77 bits per heavy atom. The maximum atomic E-state index is 12.6. The first kappa shape index (κ1) is 20.8. The van der Waals surface area contributed by atoms with Gasteiger partial charge >= 0.3 is 0 Å². The Morgan fingerprint density at radius 3 is 2.57 bits per heavy atom. The summed E-state index contributed by atoms with van der Waals surface area (Å²) in [5.41, 5.74) is 1.55. The fourth-order valence-corrected chi connectivity index (χ4v) is 4.09. The summed E-state index contributed by atoms with van der Waals surface area (Å²) in [4.78, 5) is 33.6. The smallest absolute Gasteiger partial charge is 0.261 e. The van der Waals surface area contributed by atoms with Crippen molar-refractivity contribution in [1.82, 2.24) is 19.4 Å². The van der Waals surface area contributed by atoms with Gasteiger partial charge in [-0.25, -0.2) is 4.98 Å². The number of amides is 1. The molecule has 0 atom stereocenters. The van der Waals surface area contributed by atoms with Gasteiger partial charge in [-0.2, -0.15) is 0 Å². The van der Waals surface area contributed by atoms with E-state index in [4.69, 9.17) is 23.2 Å². The lowest BCUT2D eigenvalue weighted by Crippen LogP contribution is -2.48. The molecule has 1 saturated heterocycles. The number of hydrogen-bond acceptors (Lipinski definition) is 4. The third-order valence-corrected chi connectivity index (χ3v) is 6.31. The second-order valence-electron chi connectivity index (χ2n) is 7.38. The number of carbonyl (C=O) groups is 1. The third-order valence-electron chi connectivity index (χ3n) is 5.45. The number of aromatic nitrogens is 2. The minimum absolute atomic E-state index is 0.0514. The van der Waals surface area contributed by atoms with Gasteiger partial charge in [-0.3, -0.25) is 19.1 Å². The van der Waals surface area contributed by atoms with Gasteiger partial charge in [0.1, 0.15) is 0 Å². The minimum atomic E-state index is -0.114. The van der Waals surface area contributed by atoms with Gasteiger partial charge in [0.2, 0.25) is 5.91 Å². The summed E-state index contributed by atoms with van der Waals surface area (Å²) in [6.45, 7) is 3.88. The maximum absolute atomic E-state index is 12.6. The number of piperazine rings is 1. The number of rotatable bonds is 5. The molecule has 1 fully saturated rings. The molecule has 2 heterocycles. The number of halogens is 2. The van der Waals surface area contributed by atoms with Gasteiger partial charge in [0.25, 0.3) is 5.56 Å². The van der Waals surface area contributed by atoms with Crippen molar-refractivity contribution in [3.63, 3.8) is 0 Å². The zero-order chi connectivity index (χ0) is 21.1. The highest BCUT2D eigenvalue weighted by Gasteiger charge is 2.22. The van der Waals surface area contributed by atoms with Crippen LogP contribution in [-0.2, 0) is 17.9 Å². The SMILES string of the molecule is O=C(CCn1cnc2ccccc2c1=O)N1CCN(Cc2cccc(Cl)c2Cl)CC1. The molecular weight excluding hydrogens is 423 g/mol. The number of carbonyl (C=O) groups excluding carboxylic acids is 1. The number of nitrogens with zero attached hydrogens (tertiary/aromatic N) is 4. The quantitative estimate of drug-likeness (QED) is 0.604. The highest BCUT2D eigenvalue weighted by Crippen LogP contribution is 2.26. The fourth-order valence-electron chi connectivity index (χ4n) is 3.71. The summed E-state index contributed by atoms with van der Waals surface area (Å²) in [7, 11) is 0. The van der Waals surface area contributed by atoms with Crippen LogP contribution in [0.4, 0.5) is 0 Å². The predicted molar refractivity (Wildman–Crippen MR) is 119 cm³/mol. The van der Waals surface area contributed by atoms with Gasteiger partial charge in [-0.05, 0) is 23.8 Å². The van der Waals surface area contributed by atoms with Crippen LogP contribution in [0.3, 0.4) is 0 Å². The number of aryl methyl sites for hydroxylation is 1. The van der Waals surface area contributed by atoms with Gasteiger partial charge in [-0.1, -0.05) is 47.5 Å². The summed E-state index contributed by atoms with van der Waals surface area (Å²) in [6.07, 6.45) is 1.80. The van der Waals surface area contributed by atoms with Crippen LogP contribution in [0.15, 0.2) is 53.6 Å². The number of hydrogen-bond donors (Lipinski definition) is 0. The van der Waals surface area contributed by atoms with Crippen LogP contribution in [-0.4, -0.2) is 51.4 Å². The lowest BCUT2D eigenvalue weighted by Gasteiger charge is -2.35. The summed E-state index contributed by atoms with van der Waals surface area (Å²) >= 11 is 12.4. The molecule has 1 aromatic heterocycles. The molecule has 3 aromatic rings. The molecule has 156 valence electrons. The predicted octanol–water partition coefficient (Wildman–Crippen LogP) is 3.44. The zero-order valence-electron chi connectivity index (χ0n) is 16.4. The van der Waals surface area contributed by atoms with Crippen LogP contribution in [0.25, 0.3) is 10.9 Å². The van der Waals surface area contributed by atoms with Gasteiger partial charge < -0.3 is 4.90 Å². The molecule has 6 nitrogen and oxygen atoms in total. The van der Waals surface area contributed by atoms with E-state index in [-0.39, 0.29) is 17.9 Å². The molecule has 2 aromatic carbocycles. The van der Waals surface area contributed by atoms with Crippen molar-refractivity contribution in [2.75, 3.05) is 26.2 Å². The van der Waals surface area contributed by atoms with Crippen molar-refractivity contribution in [3.8, 4) is 0 Å². The molecule has 0 radical (unpaired) electrons. The van der Waals surface area contributed by atoms with E-state index in [9.17, 15) is 9.59 Å². The lowest BCUT2D eigenvalue weighted by atomic mass is 10.2.